The van der Waals surface area contributed by atoms with Crippen LogP contribution < -0.4 is 4.74 Å². The zero-order valence-electron chi connectivity index (χ0n) is 12.7. The minimum absolute atomic E-state index is 0.143. The second kappa shape index (κ2) is 6.97. The molecule has 1 aromatic rings. The molecule has 2 rings (SSSR count). The van der Waals surface area contributed by atoms with Crippen molar-refractivity contribution in [3.05, 3.63) is 24.3 Å². The van der Waals surface area contributed by atoms with Gasteiger partial charge in [-0.15, -0.1) is 0 Å². The monoisotopic (exact) mass is 328 g/mol. The molecular formula is C14H20N2O5S. The maximum Gasteiger partial charge on any atom is 0.409 e. The number of amides is 1. The number of carbonyl (C=O) groups is 1. The van der Waals surface area contributed by atoms with Crippen LogP contribution in [-0.4, -0.2) is 64.1 Å². The van der Waals surface area contributed by atoms with Gasteiger partial charge in [0.25, 0.3) is 0 Å². The predicted molar refractivity (Wildman–Crippen MR) is 80.3 cm³/mol. The summed E-state index contributed by atoms with van der Waals surface area (Å²) in [6, 6.07) is 6.52. The number of hydrogen-bond acceptors (Lipinski definition) is 5. The van der Waals surface area contributed by atoms with Gasteiger partial charge in [-0.3, -0.25) is 0 Å². The van der Waals surface area contributed by atoms with Crippen molar-refractivity contribution < 1.29 is 22.7 Å². The van der Waals surface area contributed by atoms with Crippen molar-refractivity contribution in [2.24, 2.45) is 0 Å². The highest BCUT2D eigenvalue weighted by Gasteiger charge is 2.30. The molecule has 1 aliphatic rings. The Bertz CT molecular complexity index is 632. The Morgan fingerprint density at radius 3 is 2.50 bits per heavy atom. The van der Waals surface area contributed by atoms with Crippen LogP contribution in [-0.2, 0) is 14.8 Å². The molecule has 1 aromatic carbocycles. The molecule has 7 nitrogen and oxygen atoms in total. The van der Waals surface area contributed by atoms with Gasteiger partial charge in [0.05, 0.1) is 14.2 Å². The largest absolute Gasteiger partial charge is 0.495 e. The third-order valence-corrected chi connectivity index (χ3v) is 5.51. The highest BCUT2D eigenvalue weighted by Crippen LogP contribution is 2.26. The number of nitrogens with zero attached hydrogens (tertiary/aromatic N) is 2. The zero-order chi connectivity index (χ0) is 16.2. The fraction of sp³-hybridized carbons (Fsp3) is 0.500. The van der Waals surface area contributed by atoms with Crippen molar-refractivity contribution >= 4 is 16.1 Å². The third-order valence-electron chi connectivity index (χ3n) is 3.57. The topological polar surface area (TPSA) is 76.2 Å². The summed E-state index contributed by atoms with van der Waals surface area (Å²) in [5, 5.41) is 0. The maximum atomic E-state index is 12.8. The minimum atomic E-state index is -3.65. The van der Waals surface area contributed by atoms with Gasteiger partial charge in [0.2, 0.25) is 10.0 Å². The molecule has 1 aliphatic heterocycles. The quantitative estimate of drug-likeness (QED) is 0.832. The van der Waals surface area contributed by atoms with Crippen LogP contribution in [0.15, 0.2) is 29.2 Å². The molecular weight excluding hydrogens is 308 g/mol. The van der Waals surface area contributed by atoms with Crippen LogP contribution >= 0.6 is 0 Å². The fourth-order valence-electron chi connectivity index (χ4n) is 2.42. The highest BCUT2D eigenvalue weighted by molar-refractivity contribution is 7.89. The summed E-state index contributed by atoms with van der Waals surface area (Å²) in [5.41, 5.74) is 0. The summed E-state index contributed by atoms with van der Waals surface area (Å²) in [4.78, 5) is 13.2. The summed E-state index contributed by atoms with van der Waals surface area (Å²) < 4.78 is 36.8. The van der Waals surface area contributed by atoms with E-state index in [2.05, 4.69) is 4.74 Å². The van der Waals surface area contributed by atoms with E-state index in [4.69, 9.17) is 4.74 Å². The third kappa shape index (κ3) is 3.33. The van der Waals surface area contributed by atoms with Gasteiger partial charge in [0.15, 0.2) is 0 Å². The number of sulfonamides is 1. The lowest BCUT2D eigenvalue weighted by atomic mass is 10.3. The lowest BCUT2D eigenvalue weighted by molar-refractivity contribution is 0.126. The second-order valence-corrected chi connectivity index (χ2v) is 6.77. The summed E-state index contributed by atoms with van der Waals surface area (Å²) >= 11 is 0. The molecule has 1 saturated heterocycles. The van der Waals surface area contributed by atoms with E-state index in [1.807, 2.05) is 0 Å². The van der Waals surface area contributed by atoms with Crippen molar-refractivity contribution in [2.75, 3.05) is 40.4 Å². The number of methoxy groups -OCH3 is 2. The normalized spacial score (nSPS) is 16.9. The van der Waals surface area contributed by atoms with Gasteiger partial charge >= 0.3 is 6.09 Å². The maximum absolute atomic E-state index is 12.8. The molecule has 0 spiro atoms. The van der Waals surface area contributed by atoms with Crippen LogP contribution in [0, 0.1) is 0 Å². The van der Waals surface area contributed by atoms with Gasteiger partial charge in [-0.1, -0.05) is 12.1 Å². The van der Waals surface area contributed by atoms with Gasteiger partial charge in [0.1, 0.15) is 10.6 Å². The van der Waals surface area contributed by atoms with Crippen molar-refractivity contribution in [1.29, 1.82) is 0 Å². The Morgan fingerprint density at radius 2 is 1.82 bits per heavy atom. The van der Waals surface area contributed by atoms with E-state index in [0.717, 1.165) is 0 Å². The molecule has 0 radical (unpaired) electrons. The van der Waals surface area contributed by atoms with E-state index in [1.165, 1.54) is 29.5 Å². The number of para-hydroxylation sites is 1. The van der Waals surface area contributed by atoms with E-state index >= 15 is 0 Å². The molecule has 0 aliphatic carbocycles. The van der Waals surface area contributed by atoms with E-state index in [1.54, 1.807) is 18.2 Å². The number of benzene rings is 1. The summed E-state index contributed by atoms with van der Waals surface area (Å²) in [6.45, 7) is 1.37. The predicted octanol–water partition coefficient (Wildman–Crippen LogP) is 1.16. The molecule has 1 heterocycles. The smallest absolute Gasteiger partial charge is 0.409 e. The van der Waals surface area contributed by atoms with Crippen LogP contribution in [0.25, 0.3) is 0 Å². The fourth-order valence-corrected chi connectivity index (χ4v) is 4.04. The average molecular weight is 328 g/mol. The number of ether oxygens (including phenoxy) is 2. The summed E-state index contributed by atoms with van der Waals surface area (Å²) in [5.74, 6) is 0.316. The van der Waals surface area contributed by atoms with E-state index in [0.29, 0.717) is 31.8 Å². The zero-order valence-corrected chi connectivity index (χ0v) is 13.5. The van der Waals surface area contributed by atoms with Crippen LogP contribution in [0.3, 0.4) is 0 Å². The number of hydrogen-bond donors (Lipinski definition) is 0. The first-order chi connectivity index (χ1) is 10.5. The molecule has 0 saturated carbocycles. The molecule has 8 heteroatoms. The van der Waals surface area contributed by atoms with Gasteiger partial charge in [0, 0.05) is 26.2 Å². The van der Waals surface area contributed by atoms with Crippen LogP contribution in [0.1, 0.15) is 6.42 Å². The Labute approximate surface area is 130 Å². The van der Waals surface area contributed by atoms with Gasteiger partial charge in [-0.25, -0.2) is 13.2 Å². The Kier molecular flexibility index (Phi) is 5.25. The van der Waals surface area contributed by atoms with Gasteiger partial charge in [-0.2, -0.15) is 4.31 Å². The van der Waals surface area contributed by atoms with Crippen molar-refractivity contribution in [1.82, 2.24) is 9.21 Å². The SMILES string of the molecule is COC(=O)N1CCCN(S(=O)(=O)c2ccccc2OC)CC1. The number of carbonyl (C=O) groups excluding carboxylic acids is 1. The first-order valence-corrected chi connectivity index (χ1v) is 8.40. The van der Waals surface area contributed by atoms with E-state index < -0.39 is 16.1 Å². The molecule has 0 unspecified atom stereocenters. The van der Waals surface area contributed by atoms with E-state index in [-0.39, 0.29) is 11.4 Å². The molecule has 1 amide bonds. The molecule has 0 atom stereocenters. The number of rotatable bonds is 3. The first kappa shape index (κ1) is 16.6. The highest BCUT2D eigenvalue weighted by atomic mass is 32.2. The molecule has 1 fully saturated rings. The van der Waals surface area contributed by atoms with Crippen LogP contribution in [0.5, 0.6) is 5.75 Å². The van der Waals surface area contributed by atoms with Crippen molar-refractivity contribution in [2.45, 2.75) is 11.3 Å². The molecule has 0 bridgehead atoms. The summed E-state index contributed by atoms with van der Waals surface area (Å²) in [7, 11) is -0.898. The van der Waals surface area contributed by atoms with E-state index in [9.17, 15) is 13.2 Å². The Balaban J connectivity index is 2.21. The van der Waals surface area contributed by atoms with Gasteiger partial charge in [-0.05, 0) is 18.6 Å². The summed E-state index contributed by atoms with van der Waals surface area (Å²) in [6.07, 6.45) is 0.125. The van der Waals surface area contributed by atoms with Crippen LogP contribution in [0.2, 0.25) is 0 Å². The molecule has 0 N–H and O–H groups in total. The van der Waals surface area contributed by atoms with Crippen molar-refractivity contribution in [3.63, 3.8) is 0 Å². The Morgan fingerprint density at radius 1 is 1.09 bits per heavy atom. The standard InChI is InChI=1S/C14H20N2O5S/c1-20-12-6-3-4-7-13(12)22(18,19)16-9-5-8-15(10-11-16)14(17)21-2/h3-4,6-7H,5,8-11H2,1-2H3. The molecule has 22 heavy (non-hydrogen) atoms. The van der Waals surface area contributed by atoms with Crippen molar-refractivity contribution in [3.8, 4) is 5.75 Å². The first-order valence-electron chi connectivity index (χ1n) is 6.96. The van der Waals surface area contributed by atoms with Gasteiger partial charge < -0.3 is 14.4 Å². The molecule has 122 valence electrons. The minimum Gasteiger partial charge on any atom is -0.495 e. The Hall–Kier alpha value is -1.80. The van der Waals surface area contributed by atoms with Crippen LogP contribution in [0.4, 0.5) is 4.79 Å². The lowest BCUT2D eigenvalue weighted by Gasteiger charge is -2.22. The average Bonchev–Trinajstić information content (AvgIpc) is 2.80. The second-order valence-electron chi connectivity index (χ2n) is 4.87. The lowest BCUT2D eigenvalue weighted by Crippen LogP contribution is -2.37. The molecule has 0 aromatic heterocycles.